The van der Waals surface area contributed by atoms with E-state index in [4.69, 9.17) is 14.2 Å². The van der Waals surface area contributed by atoms with Crippen molar-refractivity contribution >= 4 is 11.9 Å². The minimum Gasteiger partial charge on any atom is -0.459 e. The Labute approximate surface area is 125 Å². The fraction of sp³-hybridized carbons (Fsp3) is 0.875. The van der Waals surface area contributed by atoms with Gasteiger partial charge in [-0.2, -0.15) is 0 Å². The van der Waals surface area contributed by atoms with Crippen molar-refractivity contribution in [2.24, 2.45) is 23.7 Å². The number of ether oxygens (including phenoxy) is 3. The van der Waals surface area contributed by atoms with Gasteiger partial charge >= 0.3 is 11.9 Å². The summed E-state index contributed by atoms with van der Waals surface area (Å²) in [5.74, 6) is 0.614. The van der Waals surface area contributed by atoms with Crippen LogP contribution in [0.3, 0.4) is 0 Å². The van der Waals surface area contributed by atoms with Crippen LogP contribution in [-0.2, 0) is 23.8 Å². The molecule has 4 rings (SSSR count). The van der Waals surface area contributed by atoms with E-state index in [1.165, 1.54) is 0 Å². The third-order valence-corrected chi connectivity index (χ3v) is 5.32. The predicted molar refractivity (Wildman–Crippen MR) is 74.1 cm³/mol. The van der Waals surface area contributed by atoms with Crippen LogP contribution in [0.5, 0.6) is 0 Å². The monoisotopic (exact) mass is 296 g/mol. The molecule has 21 heavy (non-hydrogen) atoms. The number of hydrogen-bond acceptors (Lipinski definition) is 5. The zero-order valence-corrected chi connectivity index (χ0v) is 12.7. The van der Waals surface area contributed by atoms with Gasteiger partial charge in [-0.15, -0.1) is 0 Å². The molecule has 2 aliphatic carbocycles. The summed E-state index contributed by atoms with van der Waals surface area (Å²) in [4.78, 5) is 23.6. The first-order valence-electron chi connectivity index (χ1n) is 8.07. The lowest BCUT2D eigenvalue weighted by atomic mass is 9.67. The summed E-state index contributed by atoms with van der Waals surface area (Å²) in [6, 6.07) is 0. The molecule has 6 unspecified atom stereocenters. The maximum Gasteiger partial charge on any atom is 0.310 e. The molecule has 0 spiro atoms. The molecule has 0 aromatic rings. The molecule has 5 nitrogen and oxygen atoms in total. The topological polar surface area (TPSA) is 61.8 Å². The van der Waals surface area contributed by atoms with E-state index < -0.39 is 0 Å². The Hall–Kier alpha value is -1.10. The third-order valence-electron chi connectivity index (χ3n) is 5.32. The van der Waals surface area contributed by atoms with E-state index in [1.54, 1.807) is 0 Å². The molecule has 0 aromatic heterocycles. The van der Waals surface area contributed by atoms with Crippen LogP contribution in [0.4, 0.5) is 0 Å². The summed E-state index contributed by atoms with van der Waals surface area (Å²) < 4.78 is 16.5. The molecular formula is C16H24O5. The van der Waals surface area contributed by atoms with Crippen LogP contribution in [0, 0.1) is 23.7 Å². The van der Waals surface area contributed by atoms with Crippen molar-refractivity contribution in [3.05, 3.63) is 0 Å². The second-order valence-electron chi connectivity index (χ2n) is 6.76. The van der Waals surface area contributed by atoms with Crippen molar-refractivity contribution in [2.75, 3.05) is 6.79 Å². The number of carbonyl (C=O) groups is 2. The molecule has 6 atom stereocenters. The van der Waals surface area contributed by atoms with Crippen molar-refractivity contribution in [1.29, 1.82) is 0 Å². The third kappa shape index (κ3) is 2.93. The lowest BCUT2D eigenvalue weighted by molar-refractivity contribution is -0.187. The fourth-order valence-electron chi connectivity index (χ4n) is 3.99. The van der Waals surface area contributed by atoms with Gasteiger partial charge in [0.15, 0.2) is 6.79 Å². The predicted octanol–water partition coefficient (Wildman–Crippen LogP) is 2.28. The van der Waals surface area contributed by atoms with Crippen molar-refractivity contribution < 1.29 is 23.8 Å². The average molecular weight is 296 g/mol. The molecule has 0 amide bonds. The van der Waals surface area contributed by atoms with Crippen LogP contribution in [-0.4, -0.2) is 30.9 Å². The van der Waals surface area contributed by atoms with Gasteiger partial charge in [0.25, 0.3) is 0 Å². The molecular weight excluding hydrogens is 272 g/mol. The molecule has 5 heteroatoms. The maximum atomic E-state index is 12.0. The summed E-state index contributed by atoms with van der Waals surface area (Å²) in [5, 5.41) is 0. The zero-order valence-electron chi connectivity index (χ0n) is 12.7. The average Bonchev–Trinajstić information content (AvgIpc) is 2.63. The summed E-state index contributed by atoms with van der Waals surface area (Å²) in [6.07, 6.45) is 4.32. The van der Waals surface area contributed by atoms with E-state index in [9.17, 15) is 9.59 Å². The molecule has 2 saturated carbocycles. The second kappa shape index (κ2) is 5.95. The SMILES string of the molecule is CCC(C)C(=O)OCOC1C2CC3CC(C2)C(=O)OC1C3. The molecule has 0 aromatic carbocycles. The van der Waals surface area contributed by atoms with Gasteiger partial charge in [-0.3, -0.25) is 9.59 Å². The molecule has 2 saturated heterocycles. The minimum absolute atomic E-state index is 0.0340. The van der Waals surface area contributed by atoms with E-state index in [-0.39, 0.29) is 42.8 Å². The molecule has 4 aliphatic rings. The minimum atomic E-state index is -0.226. The Morgan fingerprint density at radius 3 is 2.90 bits per heavy atom. The number of fused-ring (bicyclic) bond motifs is 1. The van der Waals surface area contributed by atoms with Gasteiger partial charge in [-0.05, 0) is 43.9 Å². The smallest absolute Gasteiger partial charge is 0.310 e. The van der Waals surface area contributed by atoms with E-state index >= 15 is 0 Å². The van der Waals surface area contributed by atoms with Crippen molar-refractivity contribution in [2.45, 2.75) is 58.2 Å². The van der Waals surface area contributed by atoms with Crippen molar-refractivity contribution in [1.82, 2.24) is 0 Å². The highest BCUT2D eigenvalue weighted by Crippen LogP contribution is 2.48. The number of carbonyl (C=O) groups excluding carboxylic acids is 2. The first-order valence-corrected chi connectivity index (χ1v) is 8.07. The summed E-state index contributed by atoms with van der Waals surface area (Å²) in [6.45, 7) is 3.76. The van der Waals surface area contributed by atoms with E-state index in [1.807, 2.05) is 13.8 Å². The number of hydrogen-bond donors (Lipinski definition) is 0. The van der Waals surface area contributed by atoms with Gasteiger partial charge in [-0.1, -0.05) is 13.8 Å². The van der Waals surface area contributed by atoms with Gasteiger partial charge in [0.1, 0.15) is 12.2 Å². The van der Waals surface area contributed by atoms with E-state index in [0.29, 0.717) is 11.8 Å². The molecule has 118 valence electrons. The first-order chi connectivity index (χ1) is 10.1. The largest absolute Gasteiger partial charge is 0.459 e. The van der Waals surface area contributed by atoms with Crippen LogP contribution < -0.4 is 0 Å². The van der Waals surface area contributed by atoms with Crippen molar-refractivity contribution in [3.8, 4) is 0 Å². The first kappa shape index (κ1) is 14.8. The quantitative estimate of drug-likeness (QED) is 0.575. The van der Waals surface area contributed by atoms with Gasteiger partial charge < -0.3 is 14.2 Å². The fourth-order valence-corrected chi connectivity index (χ4v) is 3.99. The van der Waals surface area contributed by atoms with Crippen LogP contribution in [0.2, 0.25) is 0 Å². The zero-order chi connectivity index (χ0) is 15.0. The van der Waals surface area contributed by atoms with Gasteiger partial charge in [-0.25, -0.2) is 0 Å². The molecule has 2 aliphatic heterocycles. The standard InChI is InChI=1S/C16H24O5/c1-3-9(2)15(17)20-8-19-14-11-4-10-5-12(7-11)16(18)21-13(14)6-10/h9-14H,3-8H2,1-2H3. The van der Waals surface area contributed by atoms with Crippen LogP contribution >= 0.6 is 0 Å². The molecule has 0 radical (unpaired) electrons. The van der Waals surface area contributed by atoms with Crippen molar-refractivity contribution in [3.63, 3.8) is 0 Å². The Balaban J connectivity index is 1.56. The highest BCUT2D eigenvalue weighted by atomic mass is 16.7. The van der Waals surface area contributed by atoms with Crippen LogP contribution in [0.15, 0.2) is 0 Å². The highest BCUT2D eigenvalue weighted by molar-refractivity contribution is 5.73. The molecule has 0 N–H and O–H groups in total. The number of esters is 2. The Morgan fingerprint density at radius 2 is 2.14 bits per heavy atom. The van der Waals surface area contributed by atoms with E-state index in [0.717, 1.165) is 32.1 Å². The lowest BCUT2D eigenvalue weighted by Gasteiger charge is -2.41. The molecule has 4 fully saturated rings. The summed E-state index contributed by atoms with van der Waals surface area (Å²) in [5.41, 5.74) is 0. The maximum absolute atomic E-state index is 12.0. The van der Waals surface area contributed by atoms with Gasteiger partial charge in [0, 0.05) is 0 Å². The molecule has 4 bridgehead atoms. The Morgan fingerprint density at radius 1 is 1.33 bits per heavy atom. The van der Waals surface area contributed by atoms with Crippen LogP contribution in [0.25, 0.3) is 0 Å². The summed E-state index contributed by atoms with van der Waals surface area (Å²) in [7, 11) is 0. The van der Waals surface area contributed by atoms with Gasteiger partial charge in [0.05, 0.1) is 11.8 Å². The second-order valence-corrected chi connectivity index (χ2v) is 6.76. The summed E-state index contributed by atoms with van der Waals surface area (Å²) >= 11 is 0. The Kier molecular flexibility index (Phi) is 4.20. The Bertz CT molecular complexity index is 421. The van der Waals surface area contributed by atoms with E-state index in [2.05, 4.69) is 0 Å². The van der Waals surface area contributed by atoms with Gasteiger partial charge in [0.2, 0.25) is 0 Å². The number of rotatable bonds is 5. The highest BCUT2D eigenvalue weighted by Gasteiger charge is 2.50. The lowest BCUT2D eigenvalue weighted by Crippen LogP contribution is -2.44. The molecule has 2 heterocycles. The van der Waals surface area contributed by atoms with Crippen LogP contribution in [0.1, 0.15) is 46.0 Å². The normalized spacial score (nSPS) is 38.8.